The molecular weight excluding hydrogens is 202 g/mol. The van der Waals surface area contributed by atoms with E-state index in [2.05, 4.69) is 31.1 Å². The third-order valence-corrected chi connectivity index (χ3v) is 2.14. The maximum absolute atomic E-state index is 11.7. The first-order valence-electron chi connectivity index (χ1n) is 5.62. The molecule has 0 aliphatic carbocycles. The van der Waals surface area contributed by atoms with Crippen LogP contribution in [0.15, 0.2) is 18.7 Å². The van der Waals surface area contributed by atoms with Crippen LogP contribution in [0.3, 0.4) is 0 Å². The van der Waals surface area contributed by atoms with E-state index in [1.807, 2.05) is 17.7 Å². The molecule has 1 aromatic rings. The van der Waals surface area contributed by atoms with Crippen LogP contribution < -0.4 is 5.32 Å². The Morgan fingerprint density at radius 3 is 2.69 bits per heavy atom. The van der Waals surface area contributed by atoms with E-state index in [1.165, 1.54) is 0 Å². The number of amides is 1. The Kier molecular flexibility index (Phi) is 4.10. The van der Waals surface area contributed by atoms with Crippen LogP contribution in [-0.2, 0) is 11.3 Å². The number of nitrogens with zero attached hydrogens (tertiary/aromatic N) is 2. The number of hydrogen-bond donors (Lipinski definition) is 1. The van der Waals surface area contributed by atoms with E-state index in [0.29, 0.717) is 6.42 Å². The highest BCUT2D eigenvalue weighted by molar-refractivity contribution is 5.76. The summed E-state index contributed by atoms with van der Waals surface area (Å²) in [7, 11) is 0. The molecule has 0 radical (unpaired) electrons. The smallest absolute Gasteiger partial charge is 0.220 e. The summed E-state index contributed by atoms with van der Waals surface area (Å²) in [6, 6.07) is 0.129. The maximum Gasteiger partial charge on any atom is 0.220 e. The Bertz CT molecular complexity index is 325. The number of aromatic nitrogens is 2. The van der Waals surface area contributed by atoms with Gasteiger partial charge >= 0.3 is 0 Å². The van der Waals surface area contributed by atoms with Gasteiger partial charge in [-0.1, -0.05) is 20.8 Å². The van der Waals surface area contributed by atoms with Gasteiger partial charge in [0.15, 0.2) is 0 Å². The molecule has 90 valence electrons. The molecule has 0 spiro atoms. The van der Waals surface area contributed by atoms with Gasteiger partial charge in [-0.05, 0) is 12.3 Å². The van der Waals surface area contributed by atoms with Gasteiger partial charge in [-0.3, -0.25) is 4.79 Å². The molecule has 1 unspecified atom stereocenters. The van der Waals surface area contributed by atoms with Gasteiger partial charge in [0, 0.05) is 31.4 Å². The largest absolute Gasteiger partial charge is 0.352 e. The van der Waals surface area contributed by atoms with Crippen LogP contribution in [0.4, 0.5) is 0 Å². The van der Waals surface area contributed by atoms with Gasteiger partial charge in [-0.2, -0.15) is 0 Å². The molecule has 1 rings (SSSR count). The molecule has 0 saturated carbocycles. The minimum absolute atomic E-state index is 0.0405. The number of carbonyl (C=O) groups excluding carboxylic acids is 1. The summed E-state index contributed by atoms with van der Waals surface area (Å²) in [6.07, 6.45) is 5.95. The highest BCUT2D eigenvalue weighted by Gasteiger charge is 2.17. The minimum atomic E-state index is 0.0405. The summed E-state index contributed by atoms with van der Waals surface area (Å²) in [4.78, 5) is 15.6. The predicted octanol–water partition coefficient (Wildman–Crippen LogP) is 1.82. The number of imidazole rings is 1. The van der Waals surface area contributed by atoms with Crippen LogP contribution in [0.5, 0.6) is 0 Å². The fraction of sp³-hybridized carbons (Fsp3) is 0.667. The number of nitrogens with one attached hydrogen (secondary N) is 1. The molecule has 0 bridgehead atoms. The standard InChI is InChI=1S/C12H21N3O/c1-10(8-15-6-5-13-9-15)14-11(16)7-12(2,3)4/h5-6,9-10H,7-8H2,1-4H3,(H,14,16). The Balaban J connectivity index is 2.34. The average Bonchev–Trinajstić information content (AvgIpc) is 2.51. The molecule has 4 heteroatoms. The minimum Gasteiger partial charge on any atom is -0.352 e. The SMILES string of the molecule is CC(Cn1ccnc1)NC(=O)CC(C)(C)C. The second-order valence-corrected chi connectivity index (χ2v) is 5.47. The molecule has 1 atom stereocenters. The second-order valence-electron chi connectivity index (χ2n) is 5.47. The van der Waals surface area contributed by atoms with Gasteiger partial charge in [0.05, 0.1) is 6.33 Å². The van der Waals surface area contributed by atoms with Gasteiger partial charge in [0.1, 0.15) is 0 Å². The maximum atomic E-state index is 11.7. The van der Waals surface area contributed by atoms with E-state index < -0.39 is 0 Å². The molecule has 0 fully saturated rings. The van der Waals surface area contributed by atoms with Gasteiger partial charge in [0.2, 0.25) is 5.91 Å². The van der Waals surface area contributed by atoms with Crippen molar-refractivity contribution >= 4 is 5.91 Å². The lowest BCUT2D eigenvalue weighted by Gasteiger charge is -2.20. The van der Waals surface area contributed by atoms with E-state index >= 15 is 0 Å². The topological polar surface area (TPSA) is 46.9 Å². The van der Waals surface area contributed by atoms with Crippen molar-refractivity contribution in [1.29, 1.82) is 0 Å². The second kappa shape index (κ2) is 5.14. The van der Waals surface area contributed by atoms with Crippen molar-refractivity contribution in [2.24, 2.45) is 5.41 Å². The molecule has 0 aliphatic rings. The van der Waals surface area contributed by atoms with E-state index in [1.54, 1.807) is 12.5 Å². The Hall–Kier alpha value is -1.32. The summed E-state index contributed by atoms with van der Waals surface area (Å²) in [5.41, 5.74) is 0.0405. The molecular formula is C12H21N3O. The Labute approximate surface area is 97.1 Å². The van der Waals surface area contributed by atoms with Crippen molar-refractivity contribution in [2.75, 3.05) is 0 Å². The molecule has 16 heavy (non-hydrogen) atoms. The van der Waals surface area contributed by atoms with Crippen LogP contribution in [0, 0.1) is 5.41 Å². The number of carbonyl (C=O) groups is 1. The highest BCUT2D eigenvalue weighted by atomic mass is 16.1. The zero-order valence-corrected chi connectivity index (χ0v) is 10.5. The lowest BCUT2D eigenvalue weighted by atomic mass is 9.92. The van der Waals surface area contributed by atoms with Crippen LogP contribution in [-0.4, -0.2) is 21.5 Å². The Morgan fingerprint density at radius 2 is 2.19 bits per heavy atom. The van der Waals surface area contributed by atoms with Crippen LogP contribution in [0.25, 0.3) is 0 Å². The van der Waals surface area contributed by atoms with Gasteiger partial charge in [0.25, 0.3) is 0 Å². The number of rotatable bonds is 4. The molecule has 1 amide bonds. The summed E-state index contributed by atoms with van der Waals surface area (Å²) < 4.78 is 1.96. The van der Waals surface area contributed by atoms with Gasteiger partial charge in [-0.25, -0.2) is 4.98 Å². The lowest BCUT2D eigenvalue weighted by Crippen LogP contribution is -2.37. The fourth-order valence-corrected chi connectivity index (χ4v) is 1.56. The first kappa shape index (κ1) is 12.7. The summed E-state index contributed by atoms with van der Waals surface area (Å²) in [6.45, 7) is 8.95. The monoisotopic (exact) mass is 223 g/mol. The van der Waals surface area contributed by atoms with Crippen molar-refractivity contribution in [3.05, 3.63) is 18.7 Å². The van der Waals surface area contributed by atoms with E-state index in [4.69, 9.17) is 0 Å². The summed E-state index contributed by atoms with van der Waals surface area (Å²) in [5, 5.41) is 2.99. The first-order valence-corrected chi connectivity index (χ1v) is 5.62. The van der Waals surface area contributed by atoms with Crippen molar-refractivity contribution in [3.63, 3.8) is 0 Å². The molecule has 0 saturated heterocycles. The van der Waals surface area contributed by atoms with Gasteiger partial charge in [-0.15, -0.1) is 0 Å². The quantitative estimate of drug-likeness (QED) is 0.846. The third kappa shape index (κ3) is 4.96. The number of hydrogen-bond acceptors (Lipinski definition) is 2. The summed E-state index contributed by atoms with van der Waals surface area (Å²) in [5.74, 6) is 0.111. The van der Waals surface area contributed by atoms with E-state index in [-0.39, 0.29) is 17.4 Å². The lowest BCUT2D eigenvalue weighted by molar-refractivity contribution is -0.123. The zero-order chi connectivity index (χ0) is 12.2. The predicted molar refractivity (Wildman–Crippen MR) is 63.9 cm³/mol. The molecule has 1 N–H and O–H groups in total. The van der Waals surface area contributed by atoms with Crippen LogP contribution >= 0.6 is 0 Å². The molecule has 0 aliphatic heterocycles. The average molecular weight is 223 g/mol. The van der Waals surface area contributed by atoms with Gasteiger partial charge < -0.3 is 9.88 Å². The van der Waals surface area contributed by atoms with E-state index in [9.17, 15) is 4.79 Å². The molecule has 0 aromatic carbocycles. The van der Waals surface area contributed by atoms with Crippen molar-refractivity contribution in [1.82, 2.24) is 14.9 Å². The fourth-order valence-electron chi connectivity index (χ4n) is 1.56. The molecule has 1 aromatic heterocycles. The highest BCUT2D eigenvalue weighted by Crippen LogP contribution is 2.17. The first-order chi connectivity index (χ1) is 7.37. The Morgan fingerprint density at radius 1 is 1.50 bits per heavy atom. The van der Waals surface area contributed by atoms with Crippen LogP contribution in [0.1, 0.15) is 34.1 Å². The van der Waals surface area contributed by atoms with E-state index in [0.717, 1.165) is 6.54 Å². The van der Waals surface area contributed by atoms with Crippen molar-refractivity contribution in [3.8, 4) is 0 Å². The normalized spacial score (nSPS) is 13.5. The van der Waals surface area contributed by atoms with Crippen molar-refractivity contribution < 1.29 is 4.79 Å². The third-order valence-electron chi connectivity index (χ3n) is 2.14. The van der Waals surface area contributed by atoms with Crippen molar-refractivity contribution in [2.45, 2.75) is 46.7 Å². The van der Waals surface area contributed by atoms with Crippen LogP contribution in [0.2, 0.25) is 0 Å². The molecule has 4 nitrogen and oxygen atoms in total. The zero-order valence-electron chi connectivity index (χ0n) is 10.5. The molecule has 1 heterocycles. The summed E-state index contributed by atoms with van der Waals surface area (Å²) >= 11 is 0.